The van der Waals surface area contributed by atoms with E-state index in [0.717, 1.165) is 37.8 Å². The number of aromatic nitrogens is 1. The highest BCUT2D eigenvalue weighted by Crippen LogP contribution is 2.43. The third-order valence-corrected chi connectivity index (χ3v) is 29.0. The summed E-state index contributed by atoms with van der Waals surface area (Å²) >= 11 is 0. The predicted octanol–water partition coefficient (Wildman–Crippen LogP) is 11.8. The molecule has 4 aromatic carbocycles. The zero-order valence-corrected chi connectivity index (χ0v) is 44.8. The molecule has 0 amide bonds. The number of hydrogen-bond donors (Lipinski definition) is 0. The Balaban J connectivity index is 1.08. The van der Waals surface area contributed by atoms with Gasteiger partial charge in [0, 0.05) is 19.4 Å². The Morgan fingerprint density at radius 2 is 1.06 bits per heavy atom. The molecule has 1 aromatic heterocycles. The first-order valence-corrected chi connectivity index (χ1v) is 31.0. The maximum absolute atomic E-state index is 7.31. The summed E-state index contributed by atoms with van der Waals surface area (Å²) in [7, 11) is -7.56. The number of benzene rings is 4. The van der Waals surface area contributed by atoms with Crippen molar-refractivity contribution in [2.45, 2.75) is 166 Å². The molecule has 5 aromatic rings. The van der Waals surface area contributed by atoms with Crippen molar-refractivity contribution in [3.8, 4) is 0 Å². The molecule has 0 aliphatic carbocycles. The molecule has 5 atom stereocenters. The Morgan fingerprint density at radius 1 is 0.591 bits per heavy atom. The Morgan fingerprint density at radius 3 is 1.53 bits per heavy atom. The van der Waals surface area contributed by atoms with Gasteiger partial charge < -0.3 is 27.2 Å². The van der Waals surface area contributed by atoms with Gasteiger partial charge >= 0.3 is 0 Å². The lowest BCUT2D eigenvalue weighted by Crippen LogP contribution is -2.66. The van der Waals surface area contributed by atoms with Crippen molar-refractivity contribution in [3.05, 3.63) is 151 Å². The molecule has 2 saturated heterocycles. The van der Waals surface area contributed by atoms with Crippen molar-refractivity contribution < 1.29 is 27.2 Å². The molecule has 66 heavy (non-hydrogen) atoms. The summed E-state index contributed by atoms with van der Waals surface area (Å²) in [6.07, 6.45) is 6.14. The van der Waals surface area contributed by atoms with E-state index in [1.807, 2.05) is 0 Å². The number of ether oxygens (including phenoxy) is 2. The summed E-state index contributed by atoms with van der Waals surface area (Å²) in [5, 5.41) is 4.85. The van der Waals surface area contributed by atoms with Gasteiger partial charge in [-0.25, -0.2) is 4.98 Å². The third kappa shape index (κ3) is 11.1. The van der Waals surface area contributed by atoms with Crippen molar-refractivity contribution in [2.75, 3.05) is 6.61 Å². The minimum Gasteiger partial charge on any atom is -0.446 e. The molecule has 0 spiro atoms. The maximum atomic E-state index is 7.31. The molecule has 2 aliphatic rings. The second-order valence-corrected chi connectivity index (χ2v) is 35.8. The minimum absolute atomic E-state index is 0.0155. The molecule has 2 aliphatic heterocycles. The Kier molecular flexibility index (Phi) is 15.6. The zero-order chi connectivity index (χ0) is 47.4. The van der Waals surface area contributed by atoms with Gasteiger partial charge in [-0.05, 0) is 74.6 Å². The fraction of sp³-hybridized carbons (Fsp3) is 0.482. The summed E-state index contributed by atoms with van der Waals surface area (Å²) in [6, 6.07) is 43.2. The number of hydrogen-bond acceptors (Lipinski definition) is 7. The lowest BCUT2D eigenvalue weighted by molar-refractivity contribution is -0.126. The molecular formula is C56H77NO6Si3. The van der Waals surface area contributed by atoms with Crippen LogP contribution < -0.4 is 20.7 Å². The summed E-state index contributed by atoms with van der Waals surface area (Å²) < 4.78 is 42.0. The van der Waals surface area contributed by atoms with Gasteiger partial charge in [0.1, 0.15) is 24.7 Å². The fourth-order valence-corrected chi connectivity index (χ4v) is 20.7. The van der Waals surface area contributed by atoms with Crippen LogP contribution in [0.25, 0.3) is 0 Å². The number of rotatable bonds is 16. The van der Waals surface area contributed by atoms with Gasteiger partial charge in [0.15, 0.2) is 8.32 Å². The molecule has 0 unspecified atom stereocenters. The average Bonchev–Trinajstić information content (AvgIpc) is 3.74. The molecule has 7 rings (SSSR count). The van der Waals surface area contributed by atoms with Gasteiger partial charge in [-0.1, -0.05) is 196 Å². The molecular weight excluding hydrogens is 867 g/mol. The standard InChI is InChI=1S/C56H77NO6Si3/c1-42-35-43(33-34-59-65(55(5,6)7,47-25-17-13-18-26-47)48-27-19-14-20-28-48)61-44(36-42)37-45-38-46(63-64(11,12)54(2,3)4)39-52(62-45)51-40-58-53(57-51)41-60-66(56(8,9)10,49-29-21-15-22-30-49)50-31-23-16-24-32-50/h13-32,40,43-46,52H,1,33-39,41H2,2-12H3/t43-,44+,45+,46+,52+/m0/s1. The summed E-state index contributed by atoms with van der Waals surface area (Å²) in [5.41, 5.74) is 2.02. The quantitative estimate of drug-likeness (QED) is 0.0721. The van der Waals surface area contributed by atoms with Crippen LogP contribution in [0, 0.1) is 0 Å². The molecule has 0 radical (unpaired) electrons. The van der Waals surface area contributed by atoms with Crippen molar-refractivity contribution in [1.29, 1.82) is 0 Å². The first kappa shape index (κ1) is 50.2. The summed E-state index contributed by atoms with van der Waals surface area (Å²) in [4.78, 5) is 5.11. The Labute approximate surface area is 400 Å². The van der Waals surface area contributed by atoms with Crippen molar-refractivity contribution in [1.82, 2.24) is 4.98 Å². The van der Waals surface area contributed by atoms with E-state index in [1.54, 1.807) is 6.26 Å². The molecule has 0 saturated carbocycles. The van der Waals surface area contributed by atoms with Gasteiger partial charge in [0.05, 0.1) is 24.4 Å². The van der Waals surface area contributed by atoms with Crippen molar-refractivity contribution >= 4 is 45.7 Å². The van der Waals surface area contributed by atoms with Crippen LogP contribution in [0.3, 0.4) is 0 Å². The fourth-order valence-electron chi connectivity index (χ4n) is 10.3. The first-order chi connectivity index (χ1) is 31.2. The van der Waals surface area contributed by atoms with Crippen LogP contribution in [0.15, 0.2) is 144 Å². The van der Waals surface area contributed by atoms with Crippen LogP contribution in [-0.2, 0) is 29.4 Å². The Hall–Kier alpha value is -3.72. The van der Waals surface area contributed by atoms with Gasteiger partial charge in [-0.2, -0.15) is 0 Å². The van der Waals surface area contributed by atoms with Crippen LogP contribution >= 0.6 is 0 Å². The monoisotopic (exact) mass is 944 g/mol. The second kappa shape index (κ2) is 20.5. The van der Waals surface area contributed by atoms with Crippen LogP contribution in [0.2, 0.25) is 28.2 Å². The smallest absolute Gasteiger partial charge is 0.261 e. The van der Waals surface area contributed by atoms with E-state index < -0.39 is 25.0 Å². The van der Waals surface area contributed by atoms with E-state index in [1.165, 1.54) is 26.3 Å². The molecule has 10 heteroatoms. The van der Waals surface area contributed by atoms with E-state index in [9.17, 15) is 0 Å². The highest BCUT2D eigenvalue weighted by atomic mass is 28.4. The molecule has 7 nitrogen and oxygen atoms in total. The number of oxazole rings is 1. The lowest BCUT2D eigenvalue weighted by atomic mass is 9.91. The van der Waals surface area contributed by atoms with Crippen LogP contribution in [0.1, 0.15) is 119 Å². The van der Waals surface area contributed by atoms with E-state index in [0.29, 0.717) is 18.9 Å². The molecule has 0 bridgehead atoms. The number of nitrogens with zero attached hydrogens (tertiary/aromatic N) is 1. The SMILES string of the molecule is C=C1C[C@H](C[C@@H]2C[C@@H](O[Si](C)(C)C(C)(C)C)C[C@H](c3coc(CO[Si](c4ccccc4)(c4ccccc4)C(C)(C)C)n3)O2)O[C@@H](CCO[Si](c2ccccc2)(c2ccccc2)C(C)(C)C)C1. The summed E-state index contributed by atoms with van der Waals surface area (Å²) in [5.74, 6) is 0.556. The topological polar surface area (TPSA) is 72.2 Å². The van der Waals surface area contributed by atoms with Gasteiger partial charge in [-0.3, -0.25) is 0 Å². The van der Waals surface area contributed by atoms with Gasteiger partial charge in [0.25, 0.3) is 16.6 Å². The molecule has 354 valence electrons. The molecule has 0 N–H and O–H groups in total. The minimum atomic E-state index is -2.80. The normalized spacial score (nSPS) is 21.5. The maximum Gasteiger partial charge on any atom is 0.261 e. The average molecular weight is 944 g/mol. The Bertz CT molecular complexity index is 2220. The predicted molar refractivity (Wildman–Crippen MR) is 278 cm³/mol. The molecule has 3 heterocycles. The van der Waals surface area contributed by atoms with E-state index in [4.69, 9.17) is 32.2 Å². The van der Waals surface area contributed by atoms with E-state index in [-0.39, 0.29) is 52.2 Å². The van der Waals surface area contributed by atoms with Gasteiger partial charge in [0.2, 0.25) is 5.89 Å². The van der Waals surface area contributed by atoms with Crippen LogP contribution in [0.4, 0.5) is 0 Å². The summed E-state index contributed by atoms with van der Waals surface area (Å²) in [6.45, 7) is 30.9. The largest absolute Gasteiger partial charge is 0.446 e. The van der Waals surface area contributed by atoms with Crippen molar-refractivity contribution in [3.63, 3.8) is 0 Å². The van der Waals surface area contributed by atoms with Gasteiger partial charge in [-0.15, -0.1) is 0 Å². The van der Waals surface area contributed by atoms with Crippen LogP contribution in [0.5, 0.6) is 0 Å². The second-order valence-electron chi connectivity index (χ2n) is 22.4. The van der Waals surface area contributed by atoms with E-state index >= 15 is 0 Å². The lowest BCUT2D eigenvalue weighted by Gasteiger charge is -2.44. The molecule has 2 fully saturated rings. The third-order valence-electron chi connectivity index (χ3n) is 14.5. The highest BCUT2D eigenvalue weighted by molar-refractivity contribution is 7.00. The first-order valence-electron chi connectivity index (χ1n) is 24.3. The van der Waals surface area contributed by atoms with Crippen LogP contribution in [-0.4, -0.2) is 61.0 Å². The highest BCUT2D eigenvalue weighted by Gasteiger charge is 2.52. The van der Waals surface area contributed by atoms with E-state index in [2.05, 4.69) is 203 Å². The van der Waals surface area contributed by atoms with Crippen molar-refractivity contribution in [2.24, 2.45) is 0 Å². The zero-order valence-electron chi connectivity index (χ0n) is 41.8.